The summed E-state index contributed by atoms with van der Waals surface area (Å²) in [6.45, 7) is 1.21. The molecule has 1 atom stereocenters. The number of hydrogen-bond acceptors (Lipinski definition) is 3. The molecule has 2 heterocycles. The molecule has 0 spiro atoms. The maximum Gasteiger partial charge on any atom is 0.243 e. The monoisotopic (exact) mass is 377 g/mol. The molecule has 3 rings (SSSR count). The topological polar surface area (TPSA) is 50.5 Å². The number of hydrogen-bond donors (Lipinski definition) is 0. The lowest BCUT2D eigenvalue weighted by molar-refractivity contribution is 0.479. The smallest absolute Gasteiger partial charge is 0.243 e. The molecule has 1 aliphatic rings. The SMILES string of the molecule is O=S(=O)(c1ccc2occc2c1)N1CC[C@H](I)C1. The van der Waals surface area contributed by atoms with Crippen LogP contribution in [0, 0.1) is 0 Å². The van der Waals surface area contributed by atoms with Crippen molar-refractivity contribution in [2.24, 2.45) is 0 Å². The number of rotatable bonds is 2. The molecule has 1 fully saturated rings. The van der Waals surface area contributed by atoms with Crippen LogP contribution in [0.5, 0.6) is 0 Å². The molecular weight excluding hydrogens is 365 g/mol. The molecule has 0 aliphatic carbocycles. The number of sulfonamides is 1. The van der Waals surface area contributed by atoms with Crippen LogP contribution in [0.3, 0.4) is 0 Å². The third-order valence-electron chi connectivity index (χ3n) is 3.16. The summed E-state index contributed by atoms with van der Waals surface area (Å²) >= 11 is 2.30. The van der Waals surface area contributed by atoms with Crippen LogP contribution in [0.25, 0.3) is 11.0 Å². The van der Waals surface area contributed by atoms with E-state index in [1.54, 1.807) is 34.8 Å². The Kier molecular flexibility index (Phi) is 3.11. The summed E-state index contributed by atoms with van der Waals surface area (Å²) in [5.41, 5.74) is 0.710. The van der Waals surface area contributed by atoms with Gasteiger partial charge in [-0.1, -0.05) is 22.6 Å². The van der Waals surface area contributed by atoms with Gasteiger partial charge in [-0.25, -0.2) is 8.42 Å². The van der Waals surface area contributed by atoms with E-state index in [0.717, 1.165) is 11.8 Å². The van der Waals surface area contributed by atoms with Crippen LogP contribution in [0.15, 0.2) is 39.8 Å². The molecule has 18 heavy (non-hydrogen) atoms. The van der Waals surface area contributed by atoms with Crippen molar-refractivity contribution in [3.05, 3.63) is 30.5 Å². The highest BCUT2D eigenvalue weighted by Gasteiger charge is 2.31. The molecule has 96 valence electrons. The van der Waals surface area contributed by atoms with Crippen molar-refractivity contribution in [1.82, 2.24) is 4.31 Å². The van der Waals surface area contributed by atoms with Crippen LogP contribution >= 0.6 is 22.6 Å². The van der Waals surface area contributed by atoms with Gasteiger partial charge in [0.1, 0.15) is 5.58 Å². The van der Waals surface area contributed by atoms with E-state index >= 15 is 0 Å². The van der Waals surface area contributed by atoms with E-state index < -0.39 is 10.0 Å². The van der Waals surface area contributed by atoms with Crippen molar-refractivity contribution < 1.29 is 12.8 Å². The van der Waals surface area contributed by atoms with Gasteiger partial charge in [-0.2, -0.15) is 4.31 Å². The number of alkyl halides is 1. The van der Waals surface area contributed by atoms with E-state index in [1.165, 1.54) is 0 Å². The number of benzene rings is 1. The molecule has 2 aromatic rings. The van der Waals surface area contributed by atoms with Crippen LogP contribution in [-0.4, -0.2) is 29.7 Å². The third-order valence-corrected chi connectivity index (χ3v) is 6.03. The van der Waals surface area contributed by atoms with E-state index in [4.69, 9.17) is 4.42 Å². The molecule has 0 N–H and O–H groups in total. The molecule has 0 unspecified atom stereocenters. The van der Waals surface area contributed by atoms with Crippen LogP contribution in [0.1, 0.15) is 6.42 Å². The van der Waals surface area contributed by atoms with Gasteiger partial charge in [0.15, 0.2) is 0 Å². The van der Waals surface area contributed by atoms with E-state index in [2.05, 4.69) is 22.6 Å². The molecule has 4 nitrogen and oxygen atoms in total. The predicted octanol–water partition coefficient (Wildman–Crippen LogP) is 2.63. The highest BCUT2D eigenvalue weighted by atomic mass is 127. The highest BCUT2D eigenvalue weighted by molar-refractivity contribution is 14.1. The minimum Gasteiger partial charge on any atom is -0.464 e. The molecule has 0 saturated carbocycles. The van der Waals surface area contributed by atoms with Crippen molar-refractivity contribution in [2.75, 3.05) is 13.1 Å². The lowest BCUT2D eigenvalue weighted by Crippen LogP contribution is -2.28. The summed E-state index contributed by atoms with van der Waals surface area (Å²) in [6.07, 6.45) is 2.49. The number of nitrogens with zero attached hydrogens (tertiary/aromatic N) is 1. The zero-order chi connectivity index (χ0) is 12.8. The van der Waals surface area contributed by atoms with Gasteiger partial charge in [0.05, 0.1) is 11.2 Å². The zero-order valence-corrected chi connectivity index (χ0v) is 12.5. The standard InChI is InChI=1S/C12H12INO3S/c13-10-3-5-14(8-10)18(15,16)11-1-2-12-9(7-11)4-6-17-12/h1-2,4,6-7,10H,3,5,8H2/t10-/m0/s1. The highest BCUT2D eigenvalue weighted by Crippen LogP contribution is 2.27. The molecule has 0 amide bonds. The largest absolute Gasteiger partial charge is 0.464 e. The molecule has 1 saturated heterocycles. The van der Waals surface area contributed by atoms with Gasteiger partial charge in [0.25, 0.3) is 0 Å². The number of furan rings is 1. The van der Waals surface area contributed by atoms with Gasteiger partial charge in [-0.15, -0.1) is 0 Å². The number of fused-ring (bicyclic) bond motifs is 1. The van der Waals surface area contributed by atoms with Gasteiger partial charge in [-0.05, 0) is 30.7 Å². The molecule has 1 aromatic carbocycles. The van der Waals surface area contributed by atoms with E-state index in [0.29, 0.717) is 27.5 Å². The summed E-state index contributed by atoms with van der Waals surface area (Å²) in [6, 6.07) is 6.77. The predicted molar refractivity (Wildman–Crippen MR) is 77.4 cm³/mol. The van der Waals surface area contributed by atoms with Crippen LogP contribution < -0.4 is 0 Å². The molecule has 0 radical (unpaired) electrons. The Morgan fingerprint density at radius 3 is 2.89 bits per heavy atom. The first-order chi connectivity index (χ1) is 8.57. The first-order valence-electron chi connectivity index (χ1n) is 5.69. The summed E-state index contributed by atoms with van der Waals surface area (Å²) in [5.74, 6) is 0. The quantitative estimate of drug-likeness (QED) is 0.597. The van der Waals surface area contributed by atoms with Gasteiger partial charge in [0.2, 0.25) is 10.0 Å². The molecular formula is C12H12INO3S. The molecule has 1 aliphatic heterocycles. The summed E-state index contributed by atoms with van der Waals surface area (Å²) in [4.78, 5) is 0.349. The fourth-order valence-corrected chi connectivity index (χ4v) is 4.72. The first-order valence-corrected chi connectivity index (χ1v) is 8.37. The Balaban J connectivity index is 2.02. The Bertz CT molecular complexity index is 679. The van der Waals surface area contributed by atoms with Gasteiger partial charge < -0.3 is 4.42 Å². The third kappa shape index (κ3) is 2.06. The van der Waals surface area contributed by atoms with Gasteiger partial charge in [0, 0.05) is 22.4 Å². The van der Waals surface area contributed by atoms with Crippen molar-refractivity contribution in [2.45, 2.75) is 15.2 Å². The maximum absolute atomic E-state index is 12.4. The van der Waals surface area contributed by atoms with Crippen molar-refractivity contribution in [3.63, 3.8) is 0 Å². The second kappa shape index (κ2) is 4.50. The van der Waals surface area contributed by atoms with Crippen LogP contribution in [0.4, 0.5) is 0 Å². The first kappa shape index (κ1) is 12.4. The summed E-state index contributed by atoms with van der Waals surface area (Å²) < 4.78 is 32.1. The molecule has 6 heteroatoms. The molecule has 0 bridgehead atoms. The molecule has 1 aromatic heterocycles. The average Bonchev–Trinajstić information content (AvgIpc) is 2.96. The van der Waals surface area contributed by atoms with Crippen molar-refractivity contribution in [3.8, 4) is 0 Å². The van der Waals surface area contributed by atoms with E-state index in [9.17, 15) is 8.42 Å². The zero-order valence-electron chi connectivity index (χ0n) is 9.54. The Morgan fingerprint density at radius 1 is 1.33 bits per heavy atom. The number of halogens is 1. The Morgan fingerprint density at radius 2 is 2.17 bits per heavy atom. The summed E-state index contributed by atoms with van der Waals surface area (Å²) in [7, 11) is -3.35. The van der Waals surface area contributed by atoms with Gasteiger partial charge >= 0.3 is 0 Å². The average molecular weight is 377 g/mol. The second-order valence-corrected chi connectivity index (χ2v) is 8.07. The summed E-state index contributed by atoms with van der Waals surface area (Å²) in [5, 5.41) is 0.821. The van der Waals surface area contributed by atoms with E-state index in [-0.39, 0.29) is 0 Å². The van der Waals surface area contributed by atoms with Crippen LogP contribution in [-0.2, 0) is 10.0 Å². The van der Waals surface area contributed by atoms with Crippen molar-refractivity contribution >= 4 is 43.6 Å². The van der Waals surface area contributed by atoms with Crippen molar-refractivity contribution in [1.29, 1.82) is 0 Å². The minimum absolute atomic E-state index is 0.349. The van der Waals surface area contributed by atoms with Gasteiger partial charge in [-0.3, -0.25) is 0 Å². The lowest BCUT2D eigenvalue weighted by atomic mass is 10.3. The Labute approximate surface area is 119 Å². The lowest BCUT2D eigenvalue weighted by Gasteiger charge is -2.15. The van der Waals surface area contributed by atoms with E-state index in [1.807, 2.05) is 0 Å². The fraction of sp³-hybridized carbons (Fsp3) is 0.333. The second-order valence-electron chi connectivity index (χ2n) is 4.37. The maximum atomic E-state index is 12.4. The minimum atomic E-state index is -3.35. The van der Waals surface area contributed by atoms with Crippen LogP contribution in [0.2, 0.25) is 0 Å². The normalized spacial score (nSPS) is 21.7. The Hall–Kier alpha value is -0.600. The fourth-order valence-electron chi connectivity index (χ4n) is 2.16.